The molecule has 2 heterocycles. The Morgan fingerprint density at radius 3 is 2.44 bits per heavy atom. The zero-order valence-corrected chi connectivity index (χ0v) is 18.6. The van der Waals surface area contributed by atoms with Crippen LogP contribution in [0.2, 0.25) is 0 Å². The van der Waals surface area contributed by atoms with E-state index < -0.39 is 17.5 Å². The summed E-state index contributed by atoms with van der Waals surface area (Å²) in [5, 5.41) is 17.8. The summed E-state index contributed by atoms with van der Waals surface area (Å²) in [6, 6.07) is 16.2. The van der Waals surface area contributed by atoms with Crippen molar-refractivity contribution in [3.8, 4) is 11.1 Å². The molecular formula is C26H26N4O4. The number of piperidine rings is 1. The molecule has 2 aliphatic rings. The third-order valence-electron chi connectivity index (χ3n) is 6.69. The number of anilines is 1. The van der Waals surface area contributed by atoms with E-state index in [-0.39, 0.29) is 18.4 Å². The van der Waals surface area contributed by atoms with Crippen LogP contribution in [0.1, 0.15) is 24.0 Å². The van der Waals surface area contributed by atoms with Crippen molar-refractivity contribution < 1.29 is 19.4 Å². The van der Waals surface area contributed by atoms with Crippen molar-refractivity contribution in [3.63, 3.8) is 0 Å². The summed E-state index contributed by atoms with van der Waals surface area (Å²) in [7, 11) is 0. The average molecular weight is 459 g/mol. The highest BCUT2D eigenvalue weighted by molar-refractivity contribution is 5.96. The molecule has 1 aliphatic heterocycles. The van der Waals surface area contributed by atoms with E-state index >= 15 is 0 Å². The Kier molecular flexibility index (Phi) is 6.08. The summed E-state index contributed by atoms with van der Waals surface area (Å²) >= 11 is 0. The first kappa shape index (κ1) is 22.2. The molecule has 34 heavy (non-hydrogen) atoms. The molecule has 0 radical (unpaired) electrons. The standard InChI is InChI=1S/C26H26N4O4/c31-24(30-23-11-13-28-16-29-23)20(17-6-5-12-27-14-17)15-34-25(32)26(33)21-9-3-1-7-18(21)19-8-2-4-10-22(19)26/h1-4,7-11,13,16-17,20,27,33H,5-6,12,14-15H2,(H,28,29,30,31)/t17-,20?/m0/s1. The summed E-state index contributed by atoms with van der Waals surface area (Å²) in [5.74, 6) is -1.28. The molecule has 1 unspecified atom stereocenters. The van der Waals surface area contributed by atoms with Gasteiger partial charge in [0.1, 0.15) is 18.8 Å². The predicted octanol–water partition coefficient (Wildman–Crippen LogP) is 2.49. The molecule has 0 spiro atoms. The molecule has 1 fully saturated rings. The zero-order chi connectivity index (χ0) is 23.5. The second-order valence-corrected chi connectivity index (χ2v) is 8.70. The number of aromatic nitrogens is 2. The van der Waals surface area contributed by atoms with Gasteiger partial charge in [0, 0.05) is 17.3 Å². The van der Waals surface area contributed by atoms with E-state index in [4.69, 9.17) is 4.74 Å². The molecule has 2 atom stereocenters. The second-order valence-electron chi connectivity index (χ2n) is 8.70. The van der Waals surface area contributed by atoms with Gasteiger partial charge in [-0.1, -0.05) is 48.5 Å². The van der Waals surface area contributed by atoms with Crippen LogP contribution in [0.4, 0.5) is 5.82 Å². The highest BCUT2D eigenvalue weighted by Gasteiger charge is 2.49. The van der Waals surface area contributed by atoms with E-state index in [1.165, 1.54) is 6.33 Å². The van der Waals surface area contributed by atoms with Crippen molar-refractivity contribution in [3.05, 3.63) is 78.2 Å². The third kappa shape index (κ3) is 3.95. The molecule has 1 aromatic heterocycles. The lowest BCUT2D eigenvalue weighted by atomic mass is 9.85. The number of hydrogen-bond acceptors (Lipinski definition) is 7. The molecule has 0 bridgehead atoms. The van der Waals surface area contributed by atoms with Gasteiger partial charge in [0.15, 0.2) is 0 Å². The van der Waals surface area contributed by atoms with Gasteiger partial charge in [-0.05, 0) is 49.0 Å². The molecule has 1 aliphatic carbocycles. The van der Waals surface area contributed by atoms with Gasteiger partial charge >= 0.3 is 5.97 Å². The lowest BCUT2D eigenvalue weighted by Gasteiger charge is -2.31. The Morgan fingerprint density at radius 1 is 1.12 bits per heavy atom. The number of carbonyl (C=O) groups excluding carboxylic acids is 2. The van der Waals surface area contributed by atoms with E-state index in [1.54, 1.807) is 36.5 Å². The van der Waals surface area contributed by atoms with Crippen LogP contribution in [0.5, 0.6) is 0 Å². The minimum absolute atomic E-state index is 0.0128. The zero-order valence-electron chi connectivity index (χ0n) is 18.6. The molecule has 1 saturated heterocycles. The summed E-state index contributed by atoms with van der Waals surface area (Å²) in [4.78, 5) is 34.5. The van der Waals surface area contributed by atoms with Crippen LogP contribution in [-0.4, -0.2) is 46.6 Å². The number of nitrogens with one attached hydrogen (secondary N) is 2. The van der Waals surface area contributed by atoms with Crippen LogP contribution in [0, 0.1) is 11.8 Å². The number of esters is 1. The lowest BCUT2D eigenvalue weighted by Crippen LogP contribution is -2.43. The molecule has 5 rings (SSSR count). The summed E-state index contributed by atoms with van der Waals surface area (Å²) in [5.41, 5.74) is 0.648. The molecule has 8 nitrogen and oxygen atoms in total. The maximum atomic E-state index is 13.4. The number of aliphatic hydroxyl groups is 1. The normalized spacial score (nSPS) is 18.9. The van der Waals surface area contributed by atoms with Gasteiger partial charge in [-0.2, -0.15) is 0 Å². The molecule has 3 aromatic rings. The molecule has 3 N–H and O–H groups in total. The van der Waals surface area contributed by atoms with Crippen molar-refractivity contribution in [2.24, 2.45) is 11.8 Å². The predicted molar refractivity (Wildman–Crippen MR) is 126 cm³/mol. The largest absolute Gasteiger partial charge is 0.462 e. The maximum Gasteiger partial charge on any atom is 0.347 e. The van der Waals surface area contributed by atoms with Crippen molar-refractivity contribution in [2.45, 2.75) is 18.4 Å². The number of ether oxygens (including phenoxy) is 1. The smallest absolute Gasteiger partial charge is 0.347 e. The molecule has 174 valence electrons. The van der Waals surface area contributed by atoms with Gasteiger partial charge < -0.3 is 20.5 Å². The van der Waals surface area contributed by atoms with E-state index in [0.29, 0.717) is 23.5 Å². The first-order valence-electron chi connectivity index (χ1n) is 11.5. The van der Waals surface area contributed by atoms with Crippen molar-refractivity contribution in [2.75, 3.05) is 25.0 Å². The van der Waals surface area contributed by atoms with Crippen LogP contribution in [-0.2, 0) is 19.9 Å². The minimum Gasteiger partial charge on any atom is -0.462 e. The number of carbonyl (C=O) groups is 2. The molecule has 8 heteroatoms. The fourth-order valence-electron chi connectivity index (χ4n) is 4.93. The highest BCUT2D eigenvalue weighted by atomic mass is 16.5. The first-order valence-corrected chi connectivity index (χ1v) is 11.5. The van der Waals surface area contributed by atoms with Gasteiger partial charge in [0.2, 0.25) is 11.5 Å². The first-order chi connectivity index (χ1) is 16.6. The summed E-state index contributed by atoms with van der Waals surface area (Å²) in [6.45, 7) is 1.40. The van der Waals surface area contributed by atoms with E-state index in [2.05, 4.69) is 20.6 Å². The Hall–Kier alpha value is -3.62. The third-order valence-corrected chi connectivity index (χ3v) is 6.69. The van der Waals surface area contributed by atoms with Crippen LogP contribution < -0.4 is 10.6 Å². The Morgan fingerprint density at radius 2 is 1.82 bits per heavy atom. The number of fused-ring (bicyclic) bond motifs is 3. The van der Waals surface area contributed by atoms with Crippen LogP contribution in [0.25, 0.3) is 11.1 Å². The van der Waals surface area contributed by atoms with Crippen LogP contribution in [0.15, 0.2) is 67.1 Å². The van der Waals surface area contributed by atoms with Crippen molar-refractivity contribution in [1.29, 1.82) is 0 Å². The fourth-order valence-corrected chi connectivity index (χ4v) is 4.93. The topological polar surface area (TPSA) is 113 Å². The molecule has 2 aromatic carbocycles. The lowest BCUT2D eigenvalue weighted by molar-refractivity contribution is -0.164. The SMILES string of the molecule is O=C(Nc1ccncn1)C(COC(=O)C1(O)c2ccccc2-c2ccccc21)[C@H]1CCCNC1. The number of amides is 1. The minimum atomic E-state index is -1.92. The Balaban J connectivity index is 1.39. The summed E-state index contributed by atoms with van der Waals surface area (Å²) < 4.78 is 5.71. The average Bonchev–Trinajstić information content (AvgIpc) is 3.15. The number of hydrogen-bond donors (Lipinski definition) is 3. The molecule has 0 saturated carbocycles. The Labute approximate surface area is 197 Å². The number of benzene rings is 2. The van der Waals surface area contributed by atoms with E-state index in [9.17, 15) is 14.7 Å². The Bertz CT molecular complexity index is 1150. The van der Waals surface area contributed by atoms with E-state index in [1.807, 2.05) is 24.3 Å². The quantitative estimate of drug-likeness (QED) is 0.487. The molecular weight excluding hydrogens is 432 g/mol. The van der Waals surface area contributed by atoms with Gasteiger partial charge in [-0.25, -0.2) is 14.8 Å². The van der Waals surface area contributed by atoms with Gasteiger partial charge in [-0.3, -0.25) is 4.79 Å². The number of rotatable bonds is 6. The number of nitrogens with zero attached hydrogens (tertiary/aromatic N) is 2. The van der Waals surface area contributed by atoms with Crippen LogP contribution >= 0.6 is 0 Å². The monoisotopic (exact) mass is 458 g/mol. The van der Waals surface area contributed by atoms with E-state index in [0.717, 1.165) is 30.5 Å². The van der Waals surface area contributed by atoms with Gasteiger partial charge in [0.05, 0.1) is 5.92 Å². The van der Waals surface area contributed by atoms with Crippen LogP contribution in [0.3, 0.4) is 0 Å². The van der Waals surface area contributed by atoms with Crippen molar-refractivity contribution in [1.82, 2.24) is 15.3 Å². The summed E-state index contributed by atoms with van der Waals surface area (Å²) in [6.07, 6.45) is 4.67. The second kappa shape index (κ2) is 9.32. The van der Waals surface area contributed by atoms with Crippen molar-refractivity contribution >= 4 is 17.7 Å². The highest BCUT2D eigenvalue weighted by Crippen LogP contribution is 2.48. The van der Waals surface area contributed by atoms with Gasteiger partial charge in [0.25, 0.3) is 0 Å². The van der Waals surface area contributed by atoms with Gasteiger partial charge in [-0.15, -0.1) is 0 Å². The maximum absolute atomic E-state index is 13.4. The fraction of sp³-hybridized carbons (Fsp3) is 0.308. The molecule has 1 amide bonds.